The van der Waals surface area contributed by atoms with Crippen LogP contribution in [0.3, 0.4) is 0 Å². The van der Waals surface area contributed by atoms with Crippen molar-refractivity contribution >= 4 is 34.5 Å². The molecule has 5 heteroatoms. The van der Waals surface area contributed by atoms with Gasteiger partial charge in [0.25, 0.3) is 0 Å². The third kappa shape index (κ3) is 4.57. The number of thiophene rings is 1. The van der Waals surface area contributed by atoms with Crippen LogP contribution in [0.2, 0.25) is 4.34 Å². The normalized spacial score (nSPS) is 12.4. The maximum absolute atomic E-state index is 12.3. The van der Waals surface area contributed by atoms with Crippen LogP contribution in [0, 0.1) is 0 Å². The fourth-order valence-corrected chi connectivity index (χ4v) is 3.24. The number of hydrogen-bond donors (Lipinski definition) is 1. The Morgan fingerprint density at radius 2 is 1.95 bits per heavy atom. The number of carbonyl (C=O) groups is 1. The smallest absolute Gasteiger partial charge is 0.241 e. The molecule has 118 valence electrons. The predicted octanol–water partition coefficient (Wildman–Crippen LogP) is 4.42. The van der Waals surface area contributed by atoms with E-state index in [9.17, 15) is 4.79 Å². The fraction of sp³-hybridized carbons (Fsp3) is 0.353. The largest absolute Gasteiger partial charge is 0.325 e. The Morgan fingerprint density at radius 3 is 2.50 bits per heavy atom. The lowest BCUT2D eigenvalue weighted by Gasteiger charge is -2.23. The van der Waals surface area contributed by atoms with Gasteiger partial charge in [-0.3, -0.25) is 9.69 Å². The number of likely N-dealkylation sites (N-methyl/N-ethyl adjacent to an activating group) is 1. The fourth-order valence-electron chi connectivity index (χ4n) is 2.09. The Labute approximate surface area is 140 Å². The second-order valence-electron chi connectivity index (χ2n) is 5.34. The molecule has 2 rings (SSSR count). The van der Waals surface area contributed by atoms with E-state index in [2.05, 4.69) is 12.2 Å². The van der Waals surface area contributed by atoms with Crippen molar-refractivity contribution in [3.63, 3.8) is 0 Å². The summed E-state index contributed by atoms with van der Waals surface area (Å²) < 4.78 is 0.775. The number of amides is 1. The van der Waals surface area contributed by atoms with Gasteiger partial charge in [0, 0.05) is 17.1 Å². The molecular weight excluding hydrogens is 316 g/mol. The van der Waals surface area contributed by atoms with E-state index in [0.717, 1.165) is 21.3 Å². The van der Waals surface area contributed by atoms with Crippen molar-refractivity contribution in [2.24, 2.45) is 0 Å². The van der Waals surface area contributed by atoms with Crippen molar-refractivity contribution in [3.05, 3.63) is 51.2 Å². The quantitative estimate of drug-likeness (QED) is 0.846. The van der Waals surface area contributed by atoms with Gasteiger partial charge in [-0.1, -0.05) is 30.7 Å². The summed E-state index contributed by atoms with van der Waals surface area (Å²) in [6.07, 6.45) is 0.997. The molecule has 0 aliphatic carbocycles. The lowest BCUT2D eigenvalue weighted by atomic mass is 10.1. The Balaban J connectivity index is 1.92. The lowest BCUT2D eigenvalue weighted by Crippen LogP contribution is -2.39. The molecule has 1 atom stereocenters. The number of halogens is 1. The number of nitrogens with zero attached hydrogens (tertiary/aromatic N) is 1. The summed E-state index contributed by atoms with van der Waals surface area (Å²) >= 11 is 7.48. The van der Waals surface area contributed by atoms with Crippen molar-refractivity contribution in [2.75, 3.05) is 12.4 Å². The zero-order chi connectivity index (χ0) is 16.1. The van der Waals surface area contributed by atoms with Crippen LogP contribution in [0.5, 0.6) is 0 Å². The highest BCUT2D eigenvalue weighted by atomic mass is 35.5. The van der Waals surface area contributed by atoms with Crippen molar-refractivity contribution in [1.82, 2.24) is 4.90 Å². The van der Waals surface area contributed by atoms with Crippen LogP contribution < -0.4 is 5.32 Å². The maximum Gasteiger partial charge on any atom is 0.241 e. The van der Waals surface area contributed by atoms with Crippen LogP contribution >= 0.6 is 22.9 Å². The second-order valence-corrected chi connectivity index (χ2v) is 7.14. The first-order valence-corrected chi connectivity index (χ1v) is 8.53. The third-order valence-corrected chi connectivity index (χ3v) is 4.92. The third-order valence-electron chi connectivity index (χ3n) is 3.70. The van der Waals surface area contributed by atoms with Gasteiger partial charge in [-0.2, -0.15) is 0 Å². The molecule has 1 amide bonds. The first kappa shape index (κ1) is 17.0. The van der Waals surface area contributed by atoms with Gasteiger partial charge < -0.3 is 5.32 Å². The predicted molar refractivity (Wildman–Crippen MR) is 94.7 cm³/mol. The second kappa shape index (κ2) is 7.77. The molecule has 0 saturated heterocycles. The standard InChI is InChI=1S/C17H21ClN2OS/c1-4-13-5-7-14(8-6-13)19-17(21)12(2)20(3)11-15-9-10-16(18)22-15/h5-10,12H,4,11H2,1-3H3,(H,19,21)/t12-/m0/s1. The molecule has 0 aliphatic rings. The summed E-state index contributed by atoms with van der Waals surface area (Å²) in [5.41, 5.74) is 2.10. The van der Waals surface area contributed by atoms with Gasteiger partial charge in [0.1, 0.15) is 0 Å². The molecule has 0 unspecified atom stereocenters. The Kier molecular flexibility index (Phi) is 6.00. The molecule has 2 aromatic rings. The number of benzene rings is 1. The topological polar surface area (TPSA) is 32.3 Å². The van der Waals surface area contributed by atoms with Crippen molar-refractivity contribution in [3.8, 4) is 0 Å². The minimum atomic E-state index is -0.216. The summed E-state index contributed by atoms with van der Waals surface area (Å²) in [6.45, 7) is 4.73. The van der Waals surface area contributed by atoms with Crippen molar-refractivity contribution < 1.29 is 4.79 Å². The van der Waals surface area contributed by atoms with Crippen LogP contribution in [0.4, 0.5) is 5.69 Å². The van der Waals surface area contributed by atoms with Gasteiger partial charge in [0.15, 0.2) is 0 Å². The summed E-state index contributed by atoms with van der Waals surface area (Å²) in [7, 11) is 1.94. The molecule has 0 saturated carbocycles. The SMILES string of the molecule is CCc1ccc(NC(=O)[C@H](C)N(C)Cc2ccc(Cl)s2)cc1. The summed E-state index contributed by atoms with van der Waals surface area (Å²) in [6, 6.07) is 11.6. The molecule has 1 N–H and O–H groups in total. The van der Waals surface area contributed by atoms with Crippen LogP contribution in [0.15, 0.2) is 36.4 Å². The lowest BCUT2D eigenvalue weighted by molar-refractivity contribution is -0.120. The van der Waals surface area contributed by atoms with Gasteiger partial charge in [0.2, 0.25) is 5.91 Å². The Hall–Kier alpha value is -1.36. The number of carbonyl (C=O) groups excluding carboxylic acids is 1. The first-order chi connectivity index (χ1) is 10.5. The Bertz CT molecular complexity index is 624. The van der Waals surface area contributed by atoms with Crippen molar-refractivity contribution in [1.29, 1.82) is 0 Å². The van der Waals surface area contributed by atoms with E-state index in [1.807, 2.05) is 55.3 Å². The molecule has 0 aliphatic heterocycles. The minimum Gasteiger partial charge on any atom is -0.325 e. The number of nitrogens with one attached hydrogen (secondary N) is 1. The highest BCUT2D eigenvalue weighted by Crippen LogP contribution is 2.23. The molecule has 1 heterocycles. The van der Waals surface area contributed by atoms with E-state index in [1.165, 1.54) is 5.56 Å². The number of hydrogen-bond acceptors (Lipinski definition) is 3. The molecule has 1 aromatic heterocycles. The molecule has 0 spiro atoms. The molecule has 0 fully saturated rings. The first-order valence-electron chi connectivity index (χ1n) is 7.34. The molecule has 22 heavy (non-hydrogen) atoms. The van der Waals surface area contributed by atoms with Gasteiger partial charge in [0.05, 0.1) is 10.4 Å². The van der Waals surface area contributed by atoms with Gasteiger partial charge >= 0.3 is 0 Å². The number of anilines is 1. The van der Waals surface area contributed by atoms with Crippen molar-refractivity contribution in [2.45, 2.75) is 32.9 Å². The van der Waals surface area contributed by atoms with E-state index in [0.29, 0.717) is 6.54 Å². The van der Waals surface area contributed by atoms with Gasteiger partial charge in [-0.15, -0.1) is 11.3 Å². The van der Waals surface area contributed by atoms with E-state index in [4.69, 9.17) is 11.6 Å². The number of rotatable bonds is 6. The maximum atomic E-state index is 12.3. The Morgan fingerprint density at radius 1 is 1.27 bits per heavy atom. The van der Waals surface area contributed by atoms with Crippen LogP contribution in [0.1, 0.15) is 24.3 Å². The van der Waals surface area contributed by atoms with Gasteiger partial charge in [-0.05, 0) is 50.2 Å². The van der Waals surface area contributed by atoms with Crippen LogP contribution in [-0.4, -0.2) is 23.9 Å². The van der Waals surface area contributed by atoms with E-state index >= 15 is 0 Å². The molecular formula is C17H21ClN2OS. The molecule has 0 radical (unpaired) electrons. The summed E-state index contributed by atoms with van der Waals surface area (Å²) in [4.78, 5) is 15.5. The van der Waals surface area contributed by atoms with Crippen LogP contribution in [-0.2, 0) is 17.8 Å². The highest BCUT2D eigenvalue weighted by Gasteiger charge is 2.18. The highest BCUT2D eigenvalue weighted by molar-refractivity contribution is 7.16. The zero-order valence-corrected chi connectivity index (χ0v) is 14.7. The molecule has 0 bridgehead atoms. The zero-order valence-electron chi connectivity index (χ0n) is 13.1. The molecule has 1 aromatic carbocycles. The molecule has 3 nitrogen and oxygen atoms in total. The number of aryl methyl sites for hydroxylation is 1. The summed E-state index contributed by atoms with van der Waals surface area (Å²) in [5, 5.41) is 2.96. The van der Waals surface area contributed by atoms with Crippen LogP contribution in [0.25, 0.3) is 0 Å². The average molecular weight is 337 g/mol. The van der Waals surface area contributed by atoms with Gasteiger partial charge in [-0.25, -0.2) is 0 Å². The van der Waals surface area contributed by atoms with E-state index < -0.39 is 0 Å². The van der Waals surface area contributed by atoms with E-state index in [1.54, 1.807) is 11.3 Å². The average Bonchev–Trinajstić information content (AvgIpc) is 2.92. The minimum absolute atomic E-state index is 0.00518. The summed E-state index contributed by atoms with van der Waals surface area (Å²) in [5.74, 6) is -0.00518. The monoisotopic (exact) mass is 336 g/mol. The van der Waals surface area contributed by atoms with E-state index in [-0.39, 0.29) is 11.9 Å².